The monoisotopic (exact) mass is 345 g/mol. The summed E-state index contributed by atoms with van der Waals surface area (Å²) < 4.78 is 0. The van der Waals surface area contributed by atoms with Crippen LogP contribution in [0.4, 0.5) is 0 Å². The first kappa shape index (κ1) is 19.4. The lowest BCUT2D eigenvalue weighted by atomic mass is 10.1. The summed E-state index contributed by atoms with van der Waals surface area (Å²) in [5, 5.41) is 0. The minimum Gasteiger partial charge on any atom is -0.340 e. The average Bonchev–Trinajstić information content (AvgIpc) is 2.55. The summed E-state index contributed by atoms with van der Waals surface area (Å²) in [5.74, 6) is 0.169. The number of hydrogen-bond acceptors (Lipinski definition) is 3. The predicted molar refractivity (Wildman–Crippen MR) is 100 cm³/mol. The van der Waals surface area contributed by atoms with Crippen molar-refractivity contribution in [2.45, 2.75) is 46.2 Å². The summed E-state index contributed by atoms with van der Waals surface area (Å²) in [6.07, 6.45) is 0.398. The molecule has 0 saturated carbocycles. The van der Waals surface area contributed by atoms with Gasteiger partial charge in [-0.15, -0.1) is 0 Å². The lowest BCUT2D eigenvalue weighted by Gasteiger charge is -2.37. The highest BCUT2D eigenvalue weighted by molar-refractivity contribution is 5.78. The predicted octanol–water partition coefficient (Wildman–Crippen LogP) is 2.37. The molecule has 138 valence electrons. The molecule has 0 radical (unpaired) electrons. The Labute approximate surface area is 151 Å². The van der Waals surface area contributed by atoms with Gasteiger partial charge in [-0.1, -0.05) is 30.3 Å². The maximum Gasteiger partial charge on any atom is 0.224 e. The minimum atomic E-state index is -0.250. The second-order valence-corrected chi connectivity index (χ2v) is 7.73. The van der Waals surface area contributed by atoms with E-state index in [4.69, 9.17) is 0 Å². The minimum absolute atomic E-state index is 0.0213. The molecule has 1 aromatic rings. The summed E-state index contributed by atoms with van der Waals surface area (Å²) in [7, 11) is 0. The van der Waals surface area contributed by atoms with E-state index < -0.39 is 0 Å². The highest BCUT2D eigenvalue weighted by atomic mass is 16.2. The topological polar surface area (TPSA) is 43.9 Å². The number of benzene rings is 1. The molecule has 25 heavy (non-hydrogen) atoms. The van der Waals surface area contributed by atoms with Gasteiger partial charge in [0.05, 0.1) is 0 Å². The van der Waals surface area contributed by atoms with Gasteiger partial charge in [0.2, 0.25) is 11.8 Å². The standard InChI is InChI=1S/C20H31N3O2/c1-17(24)23(20(2,3)4)11-10-19(25)22-14-12-21(13-15-22)16-18-8-6-5-7-9-18/h5-9H,10-16H2,1-4H3. The van der Waals surface area contributed by atoms with Gasteiger partial charge in [0, 0.05) is 58.2 Å². The molecule has 1 fully saturated rings. The van der Waals surface area contributed by atoms with Gasteiger partial charge < -0.3 is 9.80 Å². The summed E-state index contributed by atoms with van der Waals surface area (Å²) in [6.45, 7) is 12.3. The molecular formula is C20H31N3O2. The van der Waals surface area contributed by atoms with Crippen LogP contribution in [-0.4, -0.2) is 64.8 Å². The zero-order chi connectivity index (χ0) is 18.4. The fourth-order valence-corrected chi connectivity index (χ4v) is 3.33. The molecule has 0 spiro atoms. The third-order valence-electron chi connectivity index (χ3n) is 4.71. The molecule has 0 N–H and O–H groups in total. The molecule has 1 saturated heterocycles. The maximum absolute atomic E-state index is 12.5. The Balaban J connectivity index is 1.78. The Bertz CT molecular complexity index is 572. The van der Waals surface area contributed by atoms with Crippen LogP contribution in [0.25, 0.3) is 0 Å². The number of carbonyl (C=O) groups excluding carboxylic acids is 2. The van der Waals surface area contributed by atoms with E-state index in [2.05, 4.69) is 29.2 Å². The van der Waals surface area contributed by atoms with Crippen LogP contribution in [-0.2, 0) is 16.1 Å². The van der Waals surface area contributed by atoms with Crippen LogP contribution in [0.15, 0.2) is 30.3 Å². The van der Waals surface area contributed by atoms with E-state index in [0.29, 0.717) is 13.0 Å². The molecule has 5 nitrogen and oxygen atoms in total. The van der Waals surface area contributed by atoms with Crippen molar-refractivity contribution >= 4 is 11.8 Å². The molecule has 0 aliphatic carbocycles. The van der Waals surface area contributed by atoms with E-state index in [-0.39, 0.29) is 17.4 Å². The zero-order valence-electron chi connectivity index (χ0n) is 16.0. The highest BCUT2D eigenvalue weighted by Gasteiger charge is 2.26. The van der Waals surface area contributed by atoms with E-state index in [1.807, 2.05) is 31.7 Å². The van der Waals surface area contributed by atoms with E-state index in [0.717, 1.165) is 32.7 Å². The normalized spacial score (nSPS) is 15.9. The van der Waals surface area contributed by atoms with Crippen LogP contribution < -0.4 is 0 Å². The smallest absolute Gasteiger partial charge is 0.224 e. The van der Waals surface area contributed by atoms with E-state index in [1.165, 1.54) is 5.56 Å². The van der Waals surface area contributed by atoms with Crippen LogP contribution in [0.2, 0.25) is 0 Å². The summed E-state index contributed by atoms with van der Waals surface area (Å²) in [6, 6.07) is 10.4. The van der Waals surface area contributed by atoms with Gasteiger partial charge in [0.1, 0.15) is 0 Å². The first-order valence-electron chi connectivity index (χ1n) is 9.09. The first-order chi connectivity index (χ1) is 11.8. The Kier molecular flexibility index (Phi) is 6.59. The van der Waals surface area contributed by atoms with Crippen LogP contribution >= 0.6 is 0 Å². The molecule has 0 bridgehead atoms. The largest absolute Gasteiger partial charge is 0.340 e. The molecule has 0 unspecified atom stereocenters. The van der Waals surface area contributed by atoms with Crippen LogP contribution in [0.1, 0.15) is 39.7 Å². The van der Waals surface area contributed by atoms with Crippen molar-refractivity contribution in [3.8, 4) is 0 Å². The van der Waals surface area contributed by atoms with Crippen molar-refractivity contribution in [2.75, 3.05) is 32.7 Å². The molecule has 1 aromatic carbocycles. The van der Waals surface area contributed by atoms with Gasteiger partial charge in [-0.3, -0.25) is 14.5 Å². The van der Waals surface area contributed by atoms with Gasteiger partial charge in [-0.25, -0.2) is 0 Å². The van der Waals surface area contributed by atoms with Crippen molar-refractivity contribution < 1.29 is 9.59 Å². The Morgan fingerprint density at radius 2 is 1.64 bits per heavy atom. The van der Waals surface area contributed by atoms with E-state index in [1.54, 1.807) is 11.8 Å². The molecule has 2 amide bonds. The Hall–Kier alpha value is -1.88. The van der Waals surface area contributed by atoms with Gasteiger partial charge in [-0.05, 0) is 26.3 Å². The summed E-state index contributed by atoms with van der Waals surface area (Å²) in [4.78, 5) is 30.4. The quantitative estimate of drug-likeness (QED) is 0.823. The van der Waals surface area contributed by atoms with Gasteiger partial charge >= 0.3 is 0 Å². The Morgan fingerprint density at radius 1 is 1.04 bits per heavy atom. The molecule has 1 heterocycles. The number of piperazine rings is 1. The molecule has 0 aromatic heterocycles. The fraction of sp³-hybridized carbons (Fsp3) is 0.600. The molecule has 0 atom stereocenters. The highest BCUT2D eigenvalue weighted by Crippen LogP contribution is 2.15. The third kappa shape index (κ3) is 5.85. The summed E-state index contributed by atoms with van der Waals surface area (Å²) >= 11 is 0. The number of nitrogens with zero attached hydrogens (tertiary/aromatic N) is 3. The SMILES string of the molecule is CC(=O)N(CCC(=O)N1CCN(Cc2ccccc2)CC1)C(C)(C)C. The van der Waals surface area contributed by atoms with Crippen LogP contribution in [0.5, 0.6) is 0 Å². The number of hydrogen-bond donors (Lipinski definition) is 0. The molecule has 2 rings (SSSR count). The summed E-state index contributed by atoms with van der Waals surface area (Å²) in [5.41, 5.74) is 1.06. The molecule has 1 aliphatic heterocycles. The van der Waals surface area contributed by atoms with Crippen LogP contribution in [0, 0.1) is 0 Å². The van der Waals surface area contributed by atoms with Crippen molar-refractivity contribution in [1.82, 2.24) is 14.7 Å². The fourth-order valence-electron chi connectivity index (χ4n) is 3.33. The number of carbonyl (C=O) groups is 2. The van der Waals surface area contributed by atoms with E-state index >= 15 is 0 Å². The van der Waals surface area contributed by atoms with Gasteiger partial charge in [0.25, 0.3) is 0 Å². The van der Waals surface area contributed by atoms with Crippen molar-refractivity contribution in [2.24, 2.45) is 0 Å². The second-order valence-electron chi connectivity index (χ2n) is 7.73. The molecule has 1 aliphatic rings. The second kappa shape index (κ2) is 8.48. The van der Waals surface area contributed by atoms with Crippen molar-refractivity contribution in [3.05, 3.63) is 35.9 Å². The maximum atomic E-state index is 12.5. The zero-order valence-corrected chi connectivity index (χ0v) is 16.0. The van der Waals surface area contributed by atoms with Crippen molar-refractivity contribution in [1.29, 1.82) is 0 Å². The van der Waals surface area contributed by atoms with Crippen LogP contribution in [0.3, 0.4) is 0 Å². The Morgan fingerprint density at radius 3 is 2.16 bits per heavy atom. The van der Waals surface area contributed by atoms with E-state index in [9.17, 15) is 9.59 Å². The lowest BCUT2D eigenvalue weighted by molar-refractivity contribution is -0.137. The molecular weight excluding hydrogens is 314 g/mol. The lowest BCUT2D eigenvalue weighted by Crippen LogP contribution is -2.50. The molecule has 5 heteroatoms. The van der Waals surface area contributed by atoms with Gasteiger partial charge in [0.15, 0.2) is 0 Å². The average molecular weight is 345 g/mol. The number of amides is 2. The van der Waals surface area contributed by atoms with Gasteiger partial charge in [-0.2, -0.15) is 0 Å². The number of rotatable bonds is 5. The first-order valence-corrected chi connectivity index (χ1v) is 9.09. The van der Waals surface area contributed by atoms with Crippen molar-refractivity contribution in [3.63, 3.8) is 0 Å². The third-order valence-corrected chi connectivity index (χ3v) is 4.71.